The van der Waals surface area contributed by atoms with Crippen LogP contribution in [0.3, 0.4) is 0 Å². The molecule has 1 aliphatic heterocycles. The fourth-order valence-corrected chi connectivity index (χ4v) is 2.24. The van der Waals surface area contributed by atoms with Crippen molar-refractivity contribution in [2.45, 2.75) is 31.3 Å². The Hall–Kier alpha value is -1.06. The van der Waals surface area contributed by atoms with Crippen molar-refractivity contribution < 1.29 is 14.3 Å². The first-order valence-electron chi connectivity index (χ1n) is 4.66. The number of carbonyl (C=O) groups excluding carboxylic acids is 2. The van der Waals surface area contributed by atoms with Gasteiger partial charge in [0.15, 0.2) is 0 Å². The van der Waals surface area contributed by atoms with Gasteiger partial charge in [-0.1, -0.05) is 0 Å². The van der Waals surface area contributed by atoms with Crippen molar-refractivity contribution in [3.63, 3.8) is 0 Å². The topological polar surface area (TPSA) is 55.4 Å². The normalized spacial score (nSPS) is 38.5. The molecular weight excluding hydrogens is 170 g/mol. The first-order chi connectivity index (χ1) is 6.24. The minimum atomic E-state index is -0.335. The third-order valence-electron chi connectivity index (χ3n) is 2.96. The second-order valence-corrected chi connectivity index (χ2v) is 3.89. The van der Waals surface area contributed by atoms with Crippen LogP contribution in [0.2, 0.25) is 0 Å². The third kappa shape index (κ3) is 1.53. The van der Waals surface area contributed by atoms with E-state index in [0.29, 0.717) is 13.0 Å². The Labute approximate surface area is 76.6 Å². The number of alkyl carbamates (subject to hydrolysis) is 1. The summed E-state index contributed by atoms with van der Waals surface area (Å²) in [5, 5.41) is 2.62. The molecule has 0 radical (unpaired) electrons. The lowest BCUT2D eigenvalue weighted by Gasteiger charge is -2.33. The molecule has 4 heteroatoms. The maximum atomic E-state index is 11.0. The lowest BCUT2D eigenvalue weighted by atomic mass is 9.95. The summed E-state index contributed by atoms with van der Waals surface area (Å²) >= 11 is 0. The average molecular weight is 183 g/mol. The molecule has 1 heterocycles. The highest BCUT2D eigenvalue weighted by atomic mass is 16.6. The number of nitrogens with one attached hydrogen (secondary N) is 1. The Kier molecular flexibility index (Phi) is 1.98. The summed E-state index contributed by atoms with van der Waals surface area (Å²) in [6, 6.07) is 0. The van der Waals surface area contributed by atoms with E-state index < -0.39 is 0 Å². The summed E-state index contributed by atoms with van der Waals surface area (Å²) in [5.41, 5.74) is -0.325. The largest absolute Gasteiger partial charge is 0.443 e. The van der Waals surface area contributed by atoms with Crippen LogP contribution in [-0.2, 0) is 9.53 Å². The van der Waals surface area contributed by atoms with E-state index in [1.807, 2.05) is 0 Å². The highest BCUT2D eigenvalue weighted by Crippen LogP contribution is 2.40. The van der Waals surface area contributed by atoms with Crippen molar-refractivity contribution in [3.8, 4) is 0 Å². The molecule has 2 rings (SSSR count). The first-order valence-corrected chi connectivity index (χ1v) is 4.66. The summed E-state index contributed by atoms with van der Waals surface area (Å²) in [6.45, 7) is 0.671. The Morgan fingerprint density at radius 2 is 2.38 bits per heavy atom. The molecule has 0 aromatic rings. The molecule has 0 aromatic carbocycles. The van der Waals surface area contributed by atoms with Crippen LogP contribution in [0.4, 0.5) is 4.79 Å². The van der Waals surface area contributed by atoms with E-state index in [2.05, 4.69) is 5.32 Å². The van der Waals surface area contributed by atoms with E-state index >= 15 is 0 Å². The molecule has 4 nitrogen and oxygen atoms in total. The maximum Gasteiger partial charge on any atom is 0.407 e. The number of hydrogen-bond donors (Lipinski definition) is 1. The van der Waals surface area contributed by atoms with Crippen LogP contribution in [-0.4, -0.2) is 24.5 Å². The van der Waals surface area contributed by atoms with Gasteiger partial charge in [-0.05, 0) is 19.3 Å². The van der Waals surface area contributed by atoms with E-state index in [1.54, 1.807) is 0 Å². The van der Waals surface area contributed by atoms with E-state index in [9.17, 15) is 9.59 Å². The number of ether oxygens (including phenoxy) is 1. The van der Waals surface area contributed by atoms with Crippen molar-refractivity contribution in [2.75, 3.05) is 6.54 Å². The average Bonchev–Trinajstić information content (AvgIpc) is 2.48. The predicted octanol–water partition coefficient (Wildman–Crippen LogP) is 0.854. The molecule has 0 aromatic heterocycles. The zero-order valence-corrected chi connectivity index (χ0v) is 7.41. The van der Waals surface area contributed by atoms with Gasteiger partial charge in [0.2, 0.25) is 0 Å². The molecule has 1 N–H and O–H groups in total. The number of carbonyl (C=O) groups is 2. The fourth-order valence-electron chi connectivity index (χ4n) is 2.24. The smallest absolute Gasteiger partial charge is 0.407 e. The molecule has 2 atom stereocenters. The third-order valence-corrected chi connectivity index (χ3v) is 2.96. The Balaban J connectivity index is 2.04. The monoisotopic (exact) mass is 183 g/mol. The number of amides is 1. The highest BCUT2D eigenvalue weighted by molar-refractivity contribution is 5.69. The van der Waals surface area contributed by atoms with E-state index in [1.165, 1.54) is 0 Å². The van der Waals surface area contributed by atoms with Crippen molar-refractivity contribution in [3.05, 3.63) is 0 Å². The molecule has 1 amide bonds. The summed E-state index contributed by atoms with van der Waals surface area (Å²) in [5.74, 6) is 0.0888. The summed E-state index contributed by atoms with van der Waals surface area (Å²) in [4.78, 5) is 21.6. The predicted molar refractivity (Wildman–Crippen MR) is 45.2 cm³/mol. The Morgan fingerprint density at radius 3 is 3.00 bits per heavy atom. The van der Waals surface area contributed by atoms with Gasteiger partial charge in [0.25, 0.3) is 0 Å². The number of aldehydes is 1. The van der Waals surface area contributed by atoms with E-state index in [0.717, 1.165) is 25.5 Å². The Morgan fingerprint density at radius 1 is 1.54 bits per heavy atom. The fraction of sp³-hybridized carbons (Fsp3) is 0.778. The molecule has 2 aliphatic rings. The summed E-state index contributed by atoms with van der Waals surface area (Å²) in [7, 11) is 0. The zero-order chi connectivity index (χ0) is 9.31. The summed E-state index contributed by atoms with van der Waals surface area (Å²) < 4.78 is 5.26. The van der Waals surface area contributed by atoms with Gasteiger partial charge >= 0.3 is 6.09 Å². The van der Waals surface area contributed by atoms with Crippen LogP contribution >= 0.6 is 0 Å². The van der Waals surface area contributed by atoms with Crippen molar-refractivity contribution >= 4 is 12.4 Å². The van der Waals surface area contributed by atoms with Gasteiger partial charge in [0, 0.05) is 18.9 Å². The number of rotatable bonds is 1. The van der Waals surface area contributed by atoms with Gasteiger partial charge in [-0.3, -0.25) is 0 Å². The molecule has 1 aliphatic carbocycles. The van der Waals surface area contributed by atoms with Crippen LogP contribution < -0.4 is 5.32 Å². The Bertz CT molecular complexity index is 241. The first kappa shape index (κ1) is 8.53. The number of hydrogen-bond acceptors (Lipinski definition) is 3. The second-order valence-electron chi connectivity index (χ2n) is 3.89. The van der Waals surface area contributed by atoms with Crippen LogP contribution in [0.1, 0.15) is 25.7 Å². The minimum Gasteiger partial charge on any atom is -0.443 e. The highest BCUT2D eigenvalue weighted by Gasteiger charge is 2.44. The molecule has 72 valence electrons. The van der Waals surface area contributed by atoms with E-state index in [4.69, 9.17) is 4.74 Å². The van der Waals surface area contributed by atoms with Gasteiger partial charge < -0.3 is 14.8 Å². The van der Waals surface area contributed by atoms with E-state index in [-0.39, 0.29) is 17.6 Å². The lowest BCUT2D eigenvalue weighted by Crippen LogP contribution is -2.45. The maximum absolute atomic E-state index is 11.0. The van der Waals surface area contributed by atoms with Crippen LogP contribution in [0.15, 0.2) is 0 Å². The van der Waals surface area contributed by atoms with Crippen LogP contribution in [0.25, 0.3) is 0 Å². The lowest BCUT2D eigenvalue weighted by molar-refractivity contribution is -0.111. The van der Waals surface area contributed by atoms with Crippen LogP contribution in [0.5, 0.6) is 0 Å². The second kappa shape index (κ2) is 3.01. The molecule has 1 saturated heterocycles. The van der Waals surface area contributed by atoms with Crippen molar-refractivity contribution in [2.24, 2.45) is 5.92 Å². The standard InChI is InChI=1S/C9H13NO3/c11-6-7-1-2-9(5-7)3-4-10-8(12)13-9/h6-7H,1-5H2,(H,10,12). The van der Waals surface area contributed by atoms with Crippen molar-refractivity contribution in [1.82, 2.24) is 5.32 Å². The molecule has 13 heavy (non-hydrogen) atoms. The molecule has 1 spiro atoms. The molecule has 2 fully saturated rings. The minimum absolute atomic E-state index is 0.0888. The van der Waals surface area contributed by atoms with Crippen LogP contribution in [0, 0.1) is 5.92 Å². The van der Waals surface area contributed by atoms with Gasteiger partial charge in [0.1, 0.15) is 11.9 Å². The van der Waals surface area contributed by atoms with Crippen molar-refractivity contribution in [1.29, 1.82) is 0 Å². The van der Waals surface area contributed by atoms with Gasteiger partial charge in [-0.25, -0.2) is 4.79 Å². The summed E-state index contributed by atoms with van der Waals surface area (Å²) in [6.07, 6.45) is 3.89. The molecular formula is C9H13NO3. The molecule has 1 saturated carbocycles. The van der Waals surface area contributed by atoms with Gasteiger partial charge in [-0.2, -0.15) is 0 Å². The molecule has 0 bridgehead atoms. The SMILES string of the molecule is O=CC1CCC2(CCNC(=O)O2)C1. The zero-order valence-electron chi connectivity index (χ0n) is 7.41. The quantitative estimate of drug-likeness (QED) is 0.613. The molecule has 2 unspecified atom stereocenters. The van der Waals surface area contributed by atoms with Gasteiger partial charge in [0.05, 0.1) is 0 Å². The van der Waals surface area contributed by atoms with Gasteiger partial charge in [-0.15, -0.1) is 0 Å².